The Morgan fingerprint density at radius 3 is 2.59 bits per heavy atom. The highest BCUT2D eigenvalue weighted by molar-refractivity contribution is 14.0. The maximum atomic E-state index is 4.70. The van der Waals surface area contributed by atoms with Crippen LogP contribution >= 0.6 is 35.3 Å². The molecule has 0 spiro atoms. The van der Waals surface area contributed by atoms with Crippen molar-refractivity contribution in [2.45, 2.75) is 53.6 Å². The van der Waals surface area contributed by atoms with Crippen molar-refractivity contribution in [1.82, 2.24) is 20.6 Å². The minimum absolute atomic E-state index is 0. The molecule has 3 rings (SSSR count). The zero-order chi connectivity index (χ0) is 19.9. The van der Waals surface area contributed by atoms with Gasteiger partial charge in [0.15, 0.2) is 5.96 Å². The Morgan fingerprint density at radius 2 is 2.00 bits per heavy atom. The van der Waals surface area contributed by atoms with Crippen LogP contribution in [0.25, 0.3) is 0 Å². The highest BCUT2D eigenvalue weighted by Gasteiger charge is 2.16. The molecule has 0 radical (unpaired) electrons. The number of piperidine rings is 1. The van der Waals surface area contributed by atoms with Gasteiger partial charge in [-0.3, -0.25) is 0 Å². The predicted octanol–water partition coefficient (Wildman–Crippen LogP) is 4.26. The molecule has 0 amide bonds. The molecule has 0 saturated carbocycles. The van der Waals surface area contributed by atoms with Crippen LogP contribution in [0.5, 0.6) is 0 Å². The molecule has 1 aliphatic rings. The van der Waals surface area contributed by atoms with Crippen molar-refractivity contribution in [3.63, 3.8) is 0 Å². The van der Waals surface area contributed by atoms with E-state index in [1.807, 2.05) is 6.20 Å². The van der Waals surface area contributed by atoms with E-state index in [1.54, 1.807) is 11.3 Å². The summed E-state index contributed by atoms with van der Waals surface area (Å²) in [6.45, 7) is 12.9. The number of nitrogens with one attached hydrogen (secondary N) is 2. The molecule has 0 bridgehead atoms. The number of nitrogens with zero attached hydrogens (tertiary/aromatic N) is 4. The van der Waals surface area contributed by atoms with Gasteiger partial charge in [-0.1, -0.05) is 13.0 Å². The van der Waals surface area contributed by atoms with Gasteiger partial charge in [-0.2, -0.15) is 0 Å². The van der Waals surface area contributed by atoms with Crippen molar-refractivity contribution in [3.05, 3.63) is 39.5 Å². The zero-order valence-corrected chi connectivity index (χ0v) is 21.0. The summed E-state index contributed by atoms with van der Waals surface area (Å²) < 4.78 is 0. The summed E-state index contributed by atoms with van der Waals surface area (Å²) >= 11 is 1.73. The Kier molecular flexibility index (Phi) is 9.61. The molecule has 0 aromatic carbocycles. The molecular formula is C21H33IN6S. The average molecular weight is 529 g/mol. The van der Waals surface area contributed by atoms with Crippen LogP contribution in [0.4, 0.5) is 5.82 Å². The Hall–Kier alpha value is -1.42. The third-order valence-corrected chi connectivity index (χ3v) is 6.23. The molecule has 2 aromatic heterocycles. The lowest BCUT2D eigenvalue weighted by atomic mass is 9.99. The van der Waals surface area contributed by atoms with Gasteiger partial charge in [0.05, 0.1) is 18.8 Å². The molecule has 160 valence electrons. The minimum Gasteiger partial charge on any atom is -0.357 e. The number of halogens is 1. The van der Waals surface area contributed by atoms with Crippen LogP contribution in [0.2, 0.25) is 0 Å². The fourth-order valence-electron chi connectivity index (χ4n) is 3.22. The second-order valence-corrected chi connectivity index (χ2v) is 8.78. The first-order valence-corrected chi connectivity index (χ1v) is 11.0. The van der Waals surface area contributed by atoms with Crippen molar-refractivity contribution in [2.24, 2.45) is 10.9 Å². The molecule has 3 heterocycles. The molecule has 0 aliphatic carbocycles. The number of anilines is 1. The van der Waals surface area contributed by atoms with Crippen molar-refractivity contribution in [3.8, 4) is 0 Å². The lowest BCUT2D eigenvalue weighted by Crippen LogP contribution is -2.36. The van der Waals surface area contributed by atoms with E-state index in [4.69, 9.17) is 4.99 Å². The summed E-state index contributed by atoms with van der Waals surface area (Å²) in [4.78, 5) is 17.6. The number of rotatable bonds is 6. The molecule has 1 fully saturated rings. The van der Waals surface area contributed by atoms with Gasteiger partial charge in [0.2, 0.25) is 0 Å². The number of hydrogen-bond donors (Lipinski definition) is 2. The zero-order valence-electron chi connectivity index (χ0n) is 17.9. The number of pyridine rings is 1. The smallest absolute Gasteiger partial charge is 0.191 e. The first-order chi connectivity index (χ1) is 13.5. The van der Waals surface area contributed by atoms with Crippen molar-refractivity contribution >= 4 is 47.1 Å². The third kappa shape index (κ3) is 7.09. The maximum absolute atomic E-state index is 4.70. The Balaban J connectivity index is 0.00000300. The lowest BCUT2D eigenvalue weighted by Gasteiger charge is -2.31. The van der Waals surface area contributed by atoms with Crippen molar-refractivity contribution < 1.29 is 0 Å². The van der Waals surface area contributed by atoms with Crippen LogP contribution in [0.15, 0.2) is 23.3 Å². The predicted molar refractivity (Wildman–Crippen MR) is 134 cm³/mol. The van der Waals surface area contributed by atoms with Crippen LogP contribution in [0.1, 0.15) is 47.8 Å². The maximum Gasteiger partial charge on any atom is 0.191 e. The molecule has 0 unspecified atom stereocenters. The molecule has 29 heavy (non-hydrogen) atoms. The Morgan fingerprint density at radius 1 is 1.24 bits per heavy atom. The van der Waals surface area contributed by atoms with Crippen LogP contribution in [0, 0.1) is 19.8 Å². The van der Waals surface area contributed by atoms with E-state index < -0.39 is 0 Å². The fraction of sp³-hybridized carbons (Fsp3) is 0.571. The van der Waals surface area contributed by atoms with Gasteiger partial charge in [-0.15, -0.1) is 35.3 Å². The minimum atomic E-state index is 0. The van der Waals surface area contributed by atoms with Gasteiger partial charge in [-0.05, 0) is 51.2 Å². The number of guanidine groups is 1. The van der Waals surface area contributed by atoms with Crippen molar-refractivity contribution in [1.29, 1.82) is 0 Å². The van der Waals surface area contributed by atoms with E-state index >= 15 is 0 Å². The van der Waals surface area contributed by atoms with Gasteiger partial charge in [-0.25, -0.2) is 15.0 Å². The molecule has 1 aliphatic heterocycles. The van der Waals surface area contributed by atoms with Crippen LogP contribution < -0.4 is 15.5 Å². The summed E-state index contributed by atoms with van der Waals surface area (Å²) in [5, 5.41) is 7.76. The number of thiazole rings is 1. The van der Waals surface area contributed by atoms with E-state index in [0.29, 0.717) is 13.1 Å². The quantitative estimate of drug-likeness (QED) is 0.333. The Bertz CT molecular complexity index is 761. The fourth-order valence-corrected chi connectivity index (χ4v) is 4.09. The standard InChI is InChI=1S/C21H32N6S.HI/c1-5-22-21(25-14-20-26-16(3)17(4)28-20)24-13-18-6-7-19(23-12-18)27-10-8-15(2)9-11-27;/h6-7,12,15H,5,8-11,13-14H2,1-4H3,(H2,22,24,25);1H. The summed E-state index contributed by atoms with van der Waals surface area (Å²) in [5.41, 5.74) is 2.23. The molecule has 1 saturated heterocycles. The first-order valence-electron chi connectivity index (χ1n) is 10.2. The summed E-state index contributed by atoms with van der Waals surface area (Å²) in [6.07, 6.45) is 4.46. The molecule has 8 heteroatoms. The number of aromatic nitrogens is 2. The molecule has 0 atom stereocenters. The molecule has 2 N–H and O–H groups in total. The average Bonchev–Trinajstić information content (AvgIpc) is 3.03. The second kappa shape index (κ2) is 11.7. The summed E-state index contributed by atoms with van der Waals surface area (Å²) in [5.74, 6) is 2.72. The van der Waals surface area contributed by atoms with Gasteiger partial charge in [0, 0.05) is 30.7 Å². The topological polar surface area (TPSA) is 65.4 Å². The normalized spacial score (nSPS) is 15.2. The number of aliphatic imine (C=N–C) groups is 1. The number of aryl methyl sites for hydroxylation is 2. The largest absolute Gasteiger partial charge is 0.357 e. The van der Waals surface area contributed by atoms with E-state index in [1.165, 1.54) is 17.7 Å². The van der Waals surface area contributed by atoms with E-state index in [9.17, 15) is 0 Å². The first kappa shape index (κ1) is 23.9. The Labute approximate surface area is 195 Å². The van der Waals surface area contributed by atoms with Crippen LogP contribution in [-0.4, -0.2) is 35.6 Å². The summed E-state index contributed by atoms with van der Waals surface area (Å²) in [7, 11) is 0. The highest BCUT2D eigenvalue weighted by atomic mass is 127. The molecular weight excluding hydrogens is 495 g/mol. The highest BCUT2D eigenvalue weighted by Crippen LogP contribution is 2.21. The van der Waals surface area contributed by atoms with Gasteiger partial charge in [0.25, 0.3) is 0 Å². The van der Waals surface area contributed by atoms with E-state index in [2.05, 4.69) is 65.3 Å². The van der Waals surface area contributed by atoms with Crippen LogP contribution in [-0.2, 0) is 13.1 Å². The second-order valence-electron chi connectivity index (χ2n) is 7.49. The van der Waals surface area contributed by atoms with Gasteiger partial charge >= 0.3 is 0 Å². The molecule has 6 nitrogen and oxygen atoms in total. The van der Waals surface area contributed by atoms with E-state index in [0.717, 1.165) is 53.6 Å². The van der Waals surface area contributed by atoms with Crippen molar-refractivity contribution in [2.75, 3.05) is 24.5 Å². The lowest BCUT2D eigenvalue weighted by molar-refractivity contribution is 0.436. The number of hydrogen-bond acceptors (Lipinski definition) is 5. The van der Waals surface area contributed by atoms with E-state index in [-0.39, 0.29) is 24.0 Å². The summed E-state index contributed by atoms with van der Waals surface area (Å²) in [6, 6.07) is 4.27. The van der Waals surface area contributed by atoms with Gasteiger partial charge < -0.3 is 15.5 Å². The monoisotopic (exact) mass is 528 g/mol. The van der Waals surface area contributed by atoms with Crippen LogP contribution in [0.3, 0.4) is 0 Å². The third-order valence-electron chi connectivity index (χ3n) is 5.16. The SMILES string of the molecule is CCNC(=NCc1ccc(N2CCC(C)CC2)nc1)NCc1nc(C)c(C)s1.I. The molecule has 2 aromatic rings. The van der Waals surface area contributed by atoms with Gasteiger partial charge in [0.1, 0.15) is 10.8 Å².